The summed E-state index contributed by atoms with van der Waals surface area (Å²) < 4.78 is 13.0. The van der Waals surface area contributed by atoms with Crippen LogP contribution in [0.1, 0.15) is 6.42 Å². The van der Waals surface area contributed by atoms with Crippen molar-refractivity contribution in [2.45, 2.75) is 11.7 Å². The molecule has 1 aliphatic rings. The number of nitrogens with zero attached hydrogens (tertiary/aromatic N) is 2. The minimum Gasteiger partial charge on any atom is -0.325 e. The van der Waals surface area contributed by atoms with Crippen LogP contribution in [0.3, 0.4) is 0 Å². The van der Waals surface area contributed by atoms with Crippen molar-refractivity contribution in [2.75, 3.05) is 12.4 Å². The van der Waals surface area contributed by atoms with Crippen molar-refractivity contribution < 1.29 is 14.0 Å². The Labute approximate surface area is 159 Å². The molecule has 1 aliphatic heterocycles. The zero-order valence-electron chi connectivity index (χ0n) is 13.8. The minimum atomic E-state index is -0.614. The van der Waals surface area contributed by atoms with E-state index in [-0.39, 0.29) is 24.1 Å². The van der Waals surface area contributed by atoms with Gasteiger partial charge in [0.2, 0.25) is 11.8 Å². The molecule has 0 spiro atoms. The van der Waals surface area contributed by atoms with Crippen molar-refractivity contribution >= 4 is 51.7 Å². The highest BCUT2D eigenvalue weighted by atomic mass is 35.5. The summed E-state index contributed by atoms with van der Waals surface area (Å²) in [6.45, 7) is 0. The van der Waals surface area contributed by atoms with E-state index in [9.17, 15) is 14.0 Å². The summed E-state index contributed by atoms with van der Waals surface area (Å²) in [6, 6.07) is 12.4. The Morgan fingerprint density at radius 2 is 2.04 bits per heavy atom. The monoisotopic (exact) mass is 391 g/mol. The molecule has 2 aromatic rings. The third kappa shape index (κ3) is 4.42. The van der Waals surface area contributed by atoms with Crippen LogP contribution < -0.4 is 5.32 Å². The lowest BCUT2D eigenvalue weighted by Crippen LogP contribution is -2.43. The van der Waals surface area contributed by atoms with Gasteiger partial charge in [-0.3, -0.25) is 14.5 Å². The smallest absolute Gasteiger partial charge is 0.238 e. The van der Waals surface area contributed by atoms with E-state index in [2.05, 4.69) is 10.3 Å². The number of thioether (sulfide) groups is 1. The van der Waals surface area contributed by atoms with E-state index in [4.69, 9.17) is 11.6 Å². The highest BCUT2D eigenvalue weighted by Crippen LogP contribution is 2.29. The standard InChI is InChI=1S/C18H15ClFN3O2S/c1-23-16(24)10-15(17(25)21-14-4-2-3-11(19)9-14)26-18(23)22-13-7-5-12(20)6-8-13/h2-9,15H,10H2,1H3,(H,21,25)/t15-/m1/s1. The van der Waals surface area contributed by atoms with E-state index in [1.807, 2.05) is 0 Å². The number of aliphatic imine (C=N–C) groups is 1. The number of amides is 2. The summed E-state index contributed by atoms with van der Waals surface area (Å²) in [5.41, 5.74) is 1.07. The van der Waals surface area contributed by atoms with Gasteiger partial charge in [-0.15, -0.1) is 0 Å². The largest absolute Gasteiger partial charge is 0.325 e. The lowest BCUT2D eigenvalue weighted by Gasteiger charge is -2.28. The highest BCUT2D eigenvalue weighted by molar-refractivity contribution is 8.15. The second-order valence-electron chi connectivity index (χ2n) is 5.63. The highest BCUT2D eigenvalue weighted by Gasteiger charge is 2.34. The molecule has 1 N–H and O–H groups in total. The van der Waals surface area contributed by atoms with Crippen molar-refractivity contribution in [3.05, 3.63) is 59.4 Å². The van der Waals surface area contributed by atoms with Crippen LogP contribution in [0.15, 0.2) is 53.5 Å². The van der Waals surface area contributed by atoms with Gasteiger partial charge in [-0.1, -0.05) is 29.4 Å². The van der Waals surface area contributed by atoms with Crippen LogP contribution in [-0.2, 0) is 9.59 Å². The molecule has 0 aliphatic carbocycles. The van der Waals surface area contributed by atoms with Gasteiger partial charge in [-0.25, -0.2) is 9.38 Å². The second kappa shape index (κ2) is 7.88. The van der Waals surface area contributed by atoms with Gasteiger partial charge in [0.15, 0.2) is 5.17 Å². The van der Waals surface area contributed by atoms with Gasteiger partial charge in [0.05, 0.1) is 5.69 Å². The molecular weight excluding hydrogens is 377 g/mol. The maximum atomic E-state index is 13.0. The molecule has 0 unspecified atom stereocenters. The Kier molecular flexibility index (Phi) is 5.58. The van der Waals surface area contributed by atoms with Gasteiger partial charge in [0, 0.05) is 24.2 Å². The van der Waals surface area contributed by atoms with Crippen LogP contribution in [0.4, 0.5) is 15.8 Å². The normalized spacial score (nSPS) is 18.9. The molecule has 5 nitrogen and oxygen atoms in total. The lowest BCUT2D eigenvalue weighted by molar-refractivity contribution is -0.128. The Bertz CT molecular complexity index is 873. The number of benzene rings is 2. The number of carbonyl (C=O) groups is 2. The zero-order chi connectivity index (χ0) is 18.7. The predicted octanol–water partition coefficient (Wildman–Crippen LogP) is 4.07. The first kappa shape index (κ1) is 18.4. The van der Waals surface area contributed by atoms with Gasteiger partial charge in [-0.05, 0) is 42.5 Å². The molecule has 2 amide bonds. The minimum absolute atomic E-state index is 0.0655. The molecule has 8 heteroatoms. The van der Waals surface area contributed by atoms with E-state index >= 15 is 0 Å². The number of hydrogen-bond acceptors (Lipinski definition) is 4. The van der Waals surface area contributed by atoms with E-state index in [1.165, 1.54) is 40.9 Å². The summed E-state index contributed by atoms with van der Waals surface area (Å²) in [6.07, 6.45) is 0.0655. The fourth-order valence-corrected chi connectivity index (χ4v) is 3.57. The molecule has 0 radical (unpaired) electrons. The molecule has 134 valence electrons. The van der Waals surface area contributed by atoms with E-state index in [0.29, 0.717) is 21.6 Å². The van der Waals surface area contributed by atoms with Gasteiger partial charge in [0.25, 0.3) is 0 Å². The summed E-state index contributed by atoms with van der Waals surface area (Å²) >= 11 is 7.11. The van der Waals surface area contributed by atoms with Crippen LogP contribution >= 0.6 is 23.4 Å². The van der Waals surface area contributed by atoms with Gasteiger partial charge < -0.3 is 5.32 Å². The average molecular weight is 392 g/mol. The third-order valence-electron chi connectivity index (χ3n) is 3.70. The van der Waals surface area contributed by atoms with Crippen LogP contribution in [0.5, 0.6) is 0 Å². The van der Waals surface area contributed by atoms with Crippen LogP contribution in [0, 0.1) is 5.82 Å². The predicted molar refractivity (Wildman–Crippen MR) is 102 cm³/mol. The number of halogens is 2. The molecular formula is C18H15ClFN3O2S. The van der Waals surface area contributed by atoms with Crippen LogP contribution in [-0.4, -0.2) is 34.2 Å². The van der Waals surface area contributed by atoms with E-state index in [0.717, 1.165) is 0 Å². The van der Waals surface area contributed by atoms with Crippen LogP contribution in [0.25, 0.3) is 0 Å². The molecule has 0 saturated carbocycles. The SMILES string of the molecule is CN1C(=O)C[C@H](C(=O)Nc2cccc(Cl)c2)SC1=Nc1ccc(F)cc1. The van der Waals surface area contributed by atoms with Crippen molar-refractivity contribution in [2.24, 2.45) is 4.99 Å². The lowest BCUT2D eigenvalue weighted by atomic mass is 10.2. The fraction of sp³-hybridized carbons (Fsp3) is 0.167. The topological polar surface area (TPSA) is 61.8 Å². The molecule has 2 aromatic carbocycles. The zero-order valence-corrected chi connectivity index (χ0v) is 15.4. The maximum Gasteiger partial charge on any atom is 0.238 e. The number of anilines is 1. The summed E-state index contributed by atoms with van der Waals surface area (Å²) in [5, 5.41) is 3.04. The van der Waals surface area contributed by atoms with Gasteiger partial charge in [-0.2, -0.15) is 0 Å². The molecule has 1 heterocycles. The molecule has 1 atom stereocenters. The third-order valence-corrected chi connectivity index (χ3v) is 5.18. The quantitative estimate of drug-likeness (QED) is 0.857. The van der Waals surface area contributed by atoms with Crippen molar-refractivity contribution in [1.82, 2.24) is 4.90 Å². The van der Waals surface area contributed by atoms with Crippen LogP contribution in [0.2, 0.25) is 5.02 Å². The van der Waals surface area contributed by atoms with E-state index in [1.54, 1.807) is 31.3 Å². The van der Waals surface area contributed by atoms with Crippen molar-refractivity contribution in [1.29, 1.82) is 0 Å². The number of amidine groups is 1. The van der Waals surface area contributed by atoms with Gasteiger partial charge >= 0.3 is 0 Å². The first-order valence-corrected chi connectivity index (χ1v) is 9.02. The fourth-order valence-electron chi connectivity index (χ4n) is 2.31. The molecule has 1 saturated heterocycles. The summed E-state index contributed by atoms with van der Waals surface area (Å²) in [7, 11) is 1.60. The first-order chi connectivity index (χ1) is 12.4. The number of rotatable bonds is 3. The van der Waals surface area contributed by atoms with Crippen molar-refractivity contribution in [3.8, 4) is 0 Å². The Morgan fingerprint density at radius 3 is 2.73 bits per heavy atom. The molecule has 1 fully saturated rings. The number of nitrogens with one attached hydrogen (secondary N) is 1. The Hall–Kier alpha value is -2.38. The molecule has 26 heavy (non-hydrogen) atoms. The van der Waals surface area contributed by atoms with Gasteiger partial charge in [0.1, 0.15) is 11.1 Å². The average Bonchev–Trinajstić information content (AvgIpc) is 2.60. The molecule has 3 rings (SSSR count). The first-order valence-electron chi connectivity index (χ1n) is 7.76. The Morgan fingerprint density at radius 1 is 1.31 bits per heavy atom. The maximum absolute atomic E-state index is 13.0. The summed E-state index contributed by atoms with van der Waals surface area (Å²) in [4.78, 5) is 30.5. The number of carbonyl (C=O) groups excluding carboxylic acids is 2. The Balaban J connectivity index is 1.77. The molecule has 0 aromatic heterocycles. The number of hydrogen-bond donors (Lipinski definition) is 1. The van der Waals surface area contributed by atoms with Crippen molar-refractivity contribution in [3.63, 3.8) is 0 Å². The molecule has 0 bridgehead atoms. The second-order valence-corrected chi connectivity index (χ2v) is 7.24. The summed E-state index contributed by atoms with van der Waals surface area (Å²) in [5.74, 6) is -0.880. The van der Waals surface area contributed by atoms with E-state index < -0.39 is 5.25 Å².